The van der Waals surface area contributed by atoms with E-state index in [1.54, 1.807) is 0 Å². The van der Waals surface area contributed by atoms with Crippen LogP contribution in [-0.2, 0) is 9.31 Å². The molecular weight excluding hydrogens is 346 g/mol. The molecular formula is C17H21BBrFO2. The van der Waals surface area contributed by atoms with Gasteiger partial charge in [-0.3, -0.25) is 0 Å². The second-order valence-electron chi connectivity index (χ2n) is 7.07. The molecule has 0 N–H and O–H groups in total. The molecule has 1 atom stereocenters. The highest BCUT2D eigenvalue weighted by molar-refractivity contribution is 9.10. The van der Waals surface area contributed by atoms with Crippen LogP contribution in [0.5, 0.6) is 0 Å². The van der Waals surface area contributed by atoms with Gasteiger partial charge in [-0.1, -0.05) is 34.1 Å². The smallest absolute Gasteiger partial charge is 0.398 e. The molecule has 2 nitrogen and oxygen atoms in total. The Morgan fingerprint density at radius 3 is 2.27 bits per heavy atom. The molecule has 0 amide bonds. The van der Waals surface area contributed by atoms with Crippen LogP contribution in [0.3, 0.4) is 0 Å². The Morgan fingerprint density at radius 2 is 1.77 bits per heavy atom. The molecule has 1 heterocycles. The van der Waals surface area contributed by atoms with Gasteiger partial charge in [0.2, 0.25) is 0 Å². The average molecular weight is 367 g/mol. The van der Waals surface area contributed by atoms with Gasteiger partial charge in [0, 0.05) is 10.4 Å². The molecule has 118 valence electrons. The van der Waals surface area contributed by atoms with Crippen molar-refractivity contribution in [3.8, 4) is 0 Å². The zero-order valence-electron chi connectivity index (χ0n) is 13.5. The minimum Gasteiger partial charge on any atom is -0.398 e. The molecule has 0 aromatic heterocycles. The van der Waals surface area contributed by atoms with Gasteiger partial charge in [-0.05, 0) is 57.7 Å². The molecule has 2 aliphatic rings. The third kappa shape index (κ3) is 2.57. The molecule has 1 unspecified atom stereocenters. The monoisotopic (exact) mass is 366 g/mol. The number of rotatable bonds is 2. The predicted molar refractivity (Wildman–Crippen MR) is 90.3 cm³/mol. The Labute approximate surface area is 140 Å². The largest absolute Gasteiger partial charge is 0.525 e. The van der Waals surface area contributed by atoms with Crippen LogP contribution >= 0.6 is 15.9 Å². The summed E-state index contributed by atoms with van der Waals surface area (Å²) in [6.07, 6.45) is 1.73. The molecule has 1 saturated carbocycles. The van der Waals surface area contributed by atoms with E-state index in [4.69, 9.17) is 9.31 Å². The minimum atomic E-state index is -0.884. The zero-order valence-corrected chi connectivity index (χ0v) is 15.0. The van der Waals surface area contributed by atoms with E-state index in [1.165, 1.54) is 0 Å². The second-order valence-corrected chi connectivity index (χ2v) is 7.93. The van der Waals surface area contributed by atoms with Gasteiger partial charge in [0.05, 0.1) is 11.2 Å². The minimum absolute atomic E-state index is 0.120. The first-order chi connectivity index (χ1) is 10.2. The van der Waals surface area contributed by atoms with Crippen molar-refractivity contribution in [3.05, 3.63) is 45.6 Å². The Hall–Kier alpha value is -0.645. The van der Waals surface area contributed by atoms with Crippen LogP contribution in [0.15, 0.2) is 40.0 Å². The molecule has 1 aliphatic heterocycles. The maximum atomic E-state index is 14.9. The fourth-order valence-corrected chi connectivity index (χ4v) is 3.48. The molecule has 5 heteroatoms. The Balaban J connectivity index is 1.87. The number of halogens is 2. The van der Waals surface area contributed by atoms with Crippen LogP contribution in [0, 0.1) is 0 Å². The Bertz CT molecular complexity index is 611. The predicted octanol–water partition coefficient (Wildman–Crippen LogP) is 5.18. The van der Waals surface area contributed by atoms with Gasteiger partial charge >= 0.3 is 7.12 Å². The summed E-state index contributed by atoms with van der Waals surface area (Å²) in [6.45, 7) is 7.77. The van der Waals surface area contributed by atoms with Crippen LogP contribution in [0.4, 0.5) is 4.39 Å². The third-order valence-electron chi connectivity index (χ3n) is 5.17. The van der Waals surface area contributed by atoms with Gasteiger partial charge in [-0.15, -0.1) is 0 Å². The second kappa shape index (κ2) is 5.46. The molecule has 0 spiro atoms. The summed E-state index contributed by atoms with van der Waals surface area (Å²) in [5.41, 5.74) is 0.677. The summed E-state index contributed by atoms with van der Waals surface area (Å²) in [5.74, 6) is 0.120. The lowest BCUT2D eigenvalue weighted by atomic mass is 9.69. The summed E-state index contributed by atoms with van der Waals surface area (Å²) in [6, 6.07) is 8.01. The number of benzene rings is 1. The van der Waals surface area contributed by atoms with E-state index in [2.05, 4.69) is 15.9 Å². The molecule has 2 fully saturated rings. The van der Waals surface area contributed by atoms with E-state index < -0.39 is 18.3 Å². The van der Waals surface area contributed by atoms with Crippen molar-refractivity contribution in [1.29, 1.82) is 0 Å². The van der Waals surface area contributed by atoms with Gasteiger partial charge in [0.1, 0.15) is 5.73 Å². The first-order valence-corrected chi connectivity index (χ1v) is 8.51. The van der Waals surface area contributed by atoms with Gasteiger partial charge < -0.3 is 9.31 Å². The lowest BCUT2D eigenvalue weighted by Gasteiger charge is -2.32. The van der Waals surface area contributed by atoms with Crippen LogP contribution < -0.4 is 0 Å². The third-order valence-corrected chi connectivity index (χ3v) is 5.89. The average Bonchev–Trinajstić information content (AvgIpc) is 2.60. The van der Waals surface area contributed by atoms with Gasteiger partial charge in [0.25, 0.3) is 0 Å². The van der Waals surface area contributed by atoms with Crippen LogP contribution in [-0.4, -0.2) is 18.3 Å². The van der Waals surface area contributed by atoms with Crippen molar-refractivity contribution in [2.75, 3.05) is 0 Å². The highest BCUT2D eigenvalue weighted by Gasteiger charge is 2.54. The molecule has 1 aromatic rings. The first-order valence-electron chi connectivity index (χ1n) is 7.71. The number of allylic oxidation sites excluding steroid dienone is 1. The number of hydrogen-bond acceptors (Lipinski definition) is 2. The van der Waals surface area contributed by atoms with Crippen molar-refractivity contribution in [1.82, 2.24) is 0 Å². The zero-order chi connectivity index (χ0) is 16.1. The molecule has 0 bridgehead atoms. The van der Waals surface area contributed by atoms with Crippen LogP contribution in [0.1, 0.15) is 52.0 Å². The molecule has 3 rings (SSSR count). The SMILES string of the molecule is CC1(C)OB(C(F)=C2CCC2c2ccccc2Br)OC1(C)C. The lowest BCUT2D eigenvalue weighted by molar-refractivity contribution is 0.00578. The van der Waals surface area contributed by atoms with Crippen molar-refractivity contribution in [2.45, 2.75) is 57.7 Å². The van der Waals surface area contributed by atoms with Crippen molar-refractivity contribution < 1.29 is 13.7 Å². The molecule has 1 saturated heterocycles. The van der Waals surface area contributed by atoms with Crippen molar-refractivity contribution in [2.24, 2.45) is 0 Å². The van der Waals surface area contributed by atoms with E-state index in [-0.39, 0.29) is 11.6 Å². The van der Waals surface area contributed by atoms with E-state index in [1.807, 2.05) is 52.0 Å². The van der Waals surface area contributed by atoms with E-state index in [0.29, 0.717) is 0 Å². The fourth-order valence-electron chi connectivity index (χ4n) is 2.92. The van der Waals surface area contributed by atoms with E-state index in [9.17, 15) is 4.39 Å². The van der Waals surface area contributed by atoms with E-state index >= 15 is 0 Å². The summed E-state index contributed by atoms with van der Waals surface area (Å²) < 4.78 is 27.6. The lowest BCUT2D eigenvalue weighted by Crippen LogP contribution is -2.41. The highest BCUT2D eigenvalue weighted by Crippen LogP contribution is 2.48. The fraction of sp³-hybridized carbons (Fsp3) is 0.529. The summed E-state index contributed by atoms with van der Waals surface area (Å²) >= 11 is 3.56. The summed E-state index contributed by atoms with van der Waals surface area (Å²) in [5, 5.41) is 0. The molecule has 0 radical (unpaired) electrons. The quantitative estimate of drug-likeness (QED) is 0.671. The summed E-state index contributed by atoms with van der Waals surface area (Å²) in [4.78, 5) is 0. The molecule has 1 aliphatic carbocycles. The van der Waals surface area contributed by atoms with E-state index in [0.717, 1.165) is 28.5 Å². The molecule has 1 aromatic carbocycles. The Morgan fingerprint density at radius 1 is 1.18 bits per heavy atom. The maximum absolute atomic E-state index is 14.9. The standard InChI is InChI=1S/C17H21BBrFO2/c1-16(2)17(3,4)22-18(21-16)15(20)13-10-9-11(13)12-7-5-6-8-14(12)19/h5-8,11H,9-10H2,1-4H3. The van der Waals surface area contributed by atoms with Crippen molar-refractivity contribution in [3.63, 3.8) is 0 Å². The van der Waals surface area contributed by atoms with Crippen LogP contribution in [0.25, 0.3) is 0 Å². The first kappa shape index (κ1) is 16.2. The van der Waals surface area contributed by atoms with Crippen LogP contribution in [0.2, 0.25) is 0 Å². The molecule has 22 heavy (non-hydrogen) atoms. The Kier molecular flexibility index (Phi) is 4.03. The van der Waals surface area contributed by atoms with Gasteiger partial charge in [-0.2, -0.15) is 0 Å². The topological polar surface area (TPSA) is 18.5 Å². The number of hydrogen-bond donors (Lipinski definition) is 0. The normalized spacial score (nSPS) is 28.5. The van der Waals surface area contributed by atoms with Gasteiger partial charge in [-0.25, -0.2) is 4.39 Å². The summed E-state index contributed by atoms with van der Waals surface area (Å²) in [7, 11) is -0.884. The highest BCUT2D eigenvalue weighted by atomic mass is 79.9. The maximum Gasteiger partial charge on any atom is 0.525 e. The van der Waals surface area contributed by atoms with Crippen molar-refractivity contribution >= 4 is 23.0 Å². The van der Waals surface area contributed by atoms with Gasteiger partial charge in [0.15, 0.2) is 0 Å².